The van der Waals surface area contributed by atoms with Crippen molar-refractivity contribution >= 4 is 15.9 Å². The Labute approximate surface area is 174 Å². The molecule has 3 rings (SSSR count). The van der Waals surface area contributed by atoms with E-state index in [-0.39, 0.29) is 41.6 Å². The molecular weight excluding hydrogens is 416 g/mol. The molecule has 0 atom stereocenters. The number of nitrogens with one attached hydrogen (secondary N) is 1. The second kappa shape index (κ2) is 9.41. The number of nitrogens with zero attached hydrogens (tertiary/aromatic N) is 3. The van der Waals surface area contributed by atoms with Gasteiger partial charge in [0, 0.05) is 32.1 Å². The van der Waals surface area contributed by atoms with Crippen LogP contribution in [0.1, 0.15) is 22.1 Å². The van der Waals surface area contributed by atoms with E-state index in [9.17, 15) is 13.2 Å². The van der Waals surface area contributed by atoms with Gasteiger partial charge in [-0.3, -0.25) is 4.79 Å². The molecule has 0 saturated carbocycles. The number of rotatable bonds is 8. The molecule has 1 saturated heterocycles. The number of aromatic nitrogens is 2. The third kappa shape index (κ3) is 4.71. The van der Waals surface area contributed by atoms with E-state index < -0.39 is 15.9 Å². The summed E-state index contributed by atoms with van der Waals surface area (Å²) in [6.45, 7) is 3.02. The Morgan fingerprint density at radius 2 is 1.97 bits per heavy atom. The summed E-state index contributed by atoms with van der Waals surface area (Å²) in [6, 6.07) is 2.64. The van der Waals surface area contributed by atoms with Gasteiger partial charge in [0.25, 0.3) is 5.91 Å². The van der Waals surface area contributed by atoms with Crippen molar-refractivity contribution in [2.45, 2.75) is 18.2 Å². The molecule has 1 aliphatic rings. The van der Waals surface area contributed by atoms with Crippen LogP contribution in [0.2, 0.25) is 0 Å². The van der Waals surface area contributed by atoms with Gasteiger partial charge in [0.05, 0.1) is 37.9 Å². The van der Waals surface area contributed by atoms with Crippen LogP contribution in [-0.4, -0.2) is 75.8 Å². The number of sulfonamides is 1. The topological polar surface area (TPSA) is 133 Å². The molecule has 2 heterocycles. The van der Waals surface area contributed by atoms with E-state index in [4.69, 9.17) is 18.7 Å². The van der Waals surface area contributed by atoms with Gasteiger partial charge in [0.15, 0.2) is 17.3 Å². The van der Waals surface area contributed by atoms with Crippen LogP contribution in [0, 0.1) is 6.92 Å². The quantitative estimate of drug-likeness (QED) is 0.619. The van der Waals surface area contributed by atoms with Crippen molar-refractivity contribution in [1.29, 1.82) is 0 Å². The number of ether oxygens (including phenoxy) is 3. The second-order valence-electron chi connectivity index (χ2n) is 6.46. The Morgan fingerprint density at radius 1 is 1.23 bits per heavy atom. The van der Waals surface area contributed by atoms with Gasteiger partial charge in [-0.25, -0.2) is 8.42 Å². The van der Waals surface area contributed by atoms with Crippen molar-refractivity contribution in [2.75, 3.05) is 47.1 Å². The molecule has 1 fully saturated rings. The molecule has 0 spiro atoms. The maximum atomic E-state index is 13.0. The fraction of sp³-hybridized carbons (Fsp3) is 0.500. The molecule has 1 amide bonds. The van der Waals surface area contributed by atoms with E-state index in [2.05, 4.69) is 15.5 Å². The van der Waals surface area contributed by atoms with Gasteiger partial charge in [-0.2, -0.15) is 9.29 Å². The van der Waals surface area contributed by atoms with Gasteiger partial charge in [-0.15, -0.1) is 0 Å². The van der Waals surface area contributed by atoms with Gasteiger partial charge in [-0.1, -0.05) is 5.16 Å². The molecule has 11 nitrogen and oxygen atoms in total. The molecule has 30 heavy (non-hydrogen) atoms. The van der Waals surface area contributed by atoms with Crippen LogP contribution in [0.4, 0.5) is 0 Å². The first-order valence-corrected chi connectivity index (χ1v) is 10.7. The molecule has 12 heteroatoms. The molecule has 0 aliphatic carbocycles. The summed E-state index contributed by atoms with van der Waals surface area (Å²) in [4.78, 5) is 16.8. The van der Waals surface area contributed by atoms with E-state index in [1.807, 2.05) is 0 Å². The largest absolute Gasteiger partial charge is 0.493 e. The number of carbonyl (C=O) groups excluding carboxylic acids is 1. The zero-order chi connectivity index (χ0) is 21.7. The number of amides is 1. The Hall–Kier alpha value is -2.70. The number of benzene rings is 1. The molecule has 1 aromatic carbocycles. The third-order valence-electron chi connectivity index (χ3n) is 4.50. The number of methoxy groups -OCH3 is 2. The lowest BCUT2D eigenvalue weighted by Gasteiger charge is -2.26. The summed E-state index contributed by atoms with van der Waals surface area (Å²) in [6.07, 6.45) is 0.331. The summed E-state index contributed by atoms with van der Waals surface area (Å²) in [7, 11) is -1.07. The maximum Gasteiger partial charge on any atom is 0.255 e. The van der Waals surface area contributed by atoms with E-state index in [0.717, 1.165) is 0 Å². The smallest absolute Gasteiger partial charge is 0.255 e. The minimum absolute atomic E-state index is 0.0467. The first-order valence-electron chi connectivity index (χ1n) is 9.28. The van der Waals surface area contributed by atoms with Crippen LogP contribution in [-0.2, 0) is 21.2 Å². The van der Waals surface area contributed by atoms with Crippen molar-refractivity contribution in [3.63, 3.8) is 0 Å². The number of hydrogen-bond donors (Lipinski definition) is 1. The molecule has 2 aromatic rings. The number of morpholine rings is 1. The Kier molecular flexibility index (Phi) is 6.90. The van der Waals surface area contributed by atoms with Crippen molar-refractivity contribution in [2.24, 2.45) is 0 Å². The summed E-state index contributed by atoms with van der Waals surface area (Å²) < 4.78 is 48.2. The predicted molar refractivity (Wildman–Crippen MR) is 104 cm³/mol. The molecular formula is C18H24N4O7S. The summed E-state index contributed by atoms with van der Waals surface area (Å²) in [5.41, 5.74) is 0.0467. The van der Waals surface area contributed by atoms with Gasteiger partial charge < -0.3 is 24.1 Å². The van der Waals surface area contributed by atoms with Gasteiger partial charge in [0.2, 0.25) is 15.9 Å². The van der Waals surface area contributed by atoms with Crippen LogP contribution in [0.25, 0.3) is 0 Å². The zero-order valence-electron chi connectivity index (χ0n) is 17.0. The highest BCUT2D eigenvalue weighted by molar-refractivity contribution is 7.89. The predicted octanol–water partition coefficient (Wildman–Crippen LogP) is 0.389. The zero-order valence-corrected chi connectivity index (χ0v) is 17.8. The number of carbonyl (C=O) groups is 1. The van der Waals surface area contributed by atoms with Crippen molar-refractivity contribution in [1.82, 2.24) is 19.8 Å². The van der Waals surface area contributed by atoms with Crippen LogP contribution < -0.4 is 14.8 Å². The van der Waals surface area contributed by atoms with Crippen molar-refractivity contribution < 1.29 is 31.9 Å². The normalized spacial score (nSPS) is 15.0. The van der Waals surface area contributed by atoms with Gasteiger partial charge in [0.1, 0.15) is 0 Å². The first-order chi connectivity index (χ1) is 14.4. The molecule has 0 bridgehead atoms. The van der Waals surface area contributed by atoms with Crippen LogP contribution >= 0.6 is 0 Å². The average Bonchev–Trinajstić information content (AvgIpc) is 3.18. The minimum atomic E-state index is -3.83. The second-order valence-corrected chi connectivity index (χ2v) is 8.40. The molecule has 0 unspecified atom stereocenters. The lowest BCUT2D eigenvalue weighted by atomic mass is 10.1. The summed E-state index contributed by atoms with van der Waals surface area (Å²) in [5, 5.41) is 6.40. The molecule has 1 aliphatic heterocycles. The third-order valence-corrected chi connectivity index (χ3v) is 6.38. The van der Waals surface area contributed by atoms with Crippen LogP contribution in [0.5, 0.6) is 11.5 Å². The average molecular weight is 440 g/mol. The fourth-order valence-electron chi connectivity index (χ4n) is 3.01. The molecule has 164 valence electrons. The molecule has 1 N–H and O–H groups in total. The maximum absolute atomic E-state index is 13.0. The number of aryl methyl sites for hydroxylation is 1. The van der Waals surface area contributed by atoms with E-state index >= 15 is 0 Å². The van der Waals surface area contributed by atoms with Gasteiger partial charge >= 0.3 is 0 Å². The Bertz CT molecular complexity index is 1000. The monoisotopic (exact) mass is 440 g/mol. The Balaban J connectivity index is 1.86. The van der Waals surface area contributed by atoms with Crippen molar-refractivity contribution in [3.05, 3.63) is 29.4 Å². The highest BCUT2D eigenvalue weighted by atomic mass is 32.2. The highest BCUT2D eigenvalue weighted by Crippen LogP contribution is 2.35. The van der Waals surface area contributed by atoms with E-state index in [1.54, 1.807) is 6.92 Å². The molecule has 1 aromatic heterocycles. The number of hydrogen-bond acceptors (Lipinski definition) is 9. The SMILES string of the molecule is COc1cc(S(=O)(=O)N2CCOCC2)cc(C(=O)NCCc2nc(C)no2)c1OC. The molecule has 0 radical (unpaired) electrons. The summed E-state index contributed by atoms with van der Waals surface area (Å²) >= 11 is 0. The van der Waals surface area contributed by atoms with Crippen LogP contribution in [0.3, 0.4) is 0 Å². The minimum Gasteiger partial charge on any atom is -0.493 e. The van der Waals surface area contributed by atoms with E-state index in [1.165, 1.54) is 30.7 Å². The highest BCUT2D eigenvalue weighted by Gasteiger charge is 2.30. The lowest BCUT2D eigenvalue weighted by molar-refractivity contribution is 0.0730. The van der Waals surface area contributed by atoms with Gasteiger partial charge in [-0.05, 0) is 13.0 Å². The van der Waals surface area contributed by atoms with E-state index in [0.29, 0.717) is 31.3 Å². The van der Waals surface area contributed by atoms with Crippen molar-refractivity contribution in [3.8, 4) is 11.5 Å². The lowest BCUT2D eigenvalue weighted by Crippen LogP contribution is -2.40. The first kappa shape index (κ1) is 22.0. The fourth-order valence-corrected chi connectivity index (χ4v) is 4.46. The standard InChI is InChI=1S/C18H24N4O7S/c1-12-20-16(29-21-12)4-5-19-18(23)14-10-13(11-15(26-2)17(14)27-3)30(24,25)22-6-8-28-9-7-22/h10-11H,4-9H2,1-3H3,(H,19,23). The van der Waals surface area contributed by atoms with Crippen LogP contribution in [0.15, 0.2) is 21.6 Å². The summed E-state index contributed by atoms with van der Waals surface area (Å²) in [5.74, 6) is 0.666. The Morgan fingerprint density at radius 3 is 2.57 bits per heavy atom.